The van der Waals surface area contributed by atoms with Crippen LogP contribution in [0, 0.1) is 11.6 Å². The van der Waals surface area contributed by atoms with E-state index in [0.717, 1.165) is 23.8 Å². The molecule has 0 amide bonds. The van der Waals surface area contributed by atoms with Gasteiger partial charge in [0.1, 0.15) is 5.75 Å². The van der Waals surface area contributed by atoms with Gasteiger partial charge in [0, 0.05) is 36.8 Å². The molecule has 0 aliphatic carbocycles. The third kappa shape index (κ3) is 3.45. The number of ether oxygens (including phenoxy) is 1. The van der Waals surface area contributed by atoms with E-state index in [-0.39, 0.29) is 12.0 Å². The van der Waals surface area contributed by atoms with Crippen molar-refractivity contribution >= 4 is 5.69 Å². The third-order valence-electron chi connectivity index (χ3n) is 4.32. The maximum atomic E-state index is 13.5. The second kappa shape index (κ2) is 6.54. The van der Waals surface area contributed by atoms with Crippen molar-refractivity contribution in [1.29, 1.82) is 0 Å². The molecule has 0 saturated carbocycles. The highest BCUT2D eigenvalue weighted by Crippen LogP contribution is 2.31. The highest BCUT2D eigenvalue weighted by Gasteiger charge is 2.27. The number of nitrogens with zero attached hydrogens (tertiary/aromatic N) is 1. The standard InChI is InChI=1S/C18H20F2N2O/c1-23-16-4-2-3-12(8-16)13-7-14(21)11-22(10-13)15-5-6-17(19)18(20)9-15/h2-6,8-9,13-14H,7,10-11,21H2,1H3. The fourth-order valence-corrected chi connectivity index (χ4v) is 3.17. The number of hydrogen-bond acceptors (Lipinski definition) is 3. The maximum absolute atomic E-state index is 13.5. The van der Waals surface area contributed by atoms with Gasteiger partial charge in [-0.25, -0.2) is 8.78 Å². The molecule has 2 unspecified atom stereocenters. The Bertz CT molecular complexity index is 692. The number of halogens is 2. The molecule has 1 fully saturated rings. The van der Waals surface area contributed by atoms with E-state index in [4.69, 9.17) is 10.5 Å². The van der Waals surface area contributed by atoms with Gasteiger partial charge in [-0.05, 0) is 36.2 Å². The zero-order chi connectivity index (χ0) is 16.4. The molecule has 2 aromatic rings. The van der Waals surface area contributed by atoms with Crippen LogP contribution in [0.3, 0.4) is 0 Å². The SMILES string of the molecule is COc1cccc(C2CC(N)CN(c3ccc(F)c(F)c3)C2)c1. The minimum absolute atomic E-state index is 0.0203. The van der Waals surface area contributed by atoms with Crippen LogP contribution in [0.2, 0.25) is 0 Å². The molecular weight excluding hydrogens is 298 g/mol. The largest absolute Gasteiger partial charge is 0.497 e. The summed E-state index contributed by atoms with van der Waals surface area (Å²) in [6, 6.07) is 11.9. The Morgan fingerprint density at radius 1 is 1.09 bits per heavy atom. The van der Waals surface area contributed by atoms with Crippen LogP contribution in [-0.4, -0.2) is 26.2 Å². The molecule has 1 aliphatic heterocycles. The Balaban J connectivity index is 1.85. The summed E-state index contributed by atoms with van der Waals surface area (Å²) in [5, 5.41) is 0. The minimum atomic E-state index is -0.834. The van der Waals surface area contributed by atoms with E-state index < -0.39 is 11.6 Å². The van der Waals surface area contributed by atoms with Crippen LogP contribution in [0.1, 0.15) is 17.9 Å². The average molecular weight is 318 g/mol. The molecule has 2 aromatic carbocycles. The summed E-state index contributed by atoms with van der Waals surface area (Å²) < 4.78 is 31.9. The molecular formula is C18H20F2N2O. The van der Waals surface area contributed by atoms with Gasteiger partial charge in [0.05, 0.1) is 7.11 Å². The molecule has 1 aliphatic rings. The lowest BCUT2D eigenvalue weighted by molar-refractivity contribution is 0.411. The first kappa shape index (κ1) is 15.7. The molecule has 3 rings (SSSR count). The molecule has 0 aromatic heterocycles. The molecule has 0 spiro atoms. The van der Waals surface area contributed by atoms with Crippen molar-refractivity contribution in [2.45, 2.75) is 18.4 Å². The summed E-state index contributed by atoms with van der Waals surface area (Å²) in [6.45, 7) is 1.34. The number of methoxy groups -OCH3 is 1. The van der Waals surface area contributed by atoms with Gasteiger partial charge in [0.2, 0.25) is 0 Å². The summed E-state index contributed by atoms with van der Waals surface area (Å²) in [4.78, 5) is 2.01. The van der Waals surface area contributed by atoms with E-state index in [1.54, 1.807) is 13.2 Å². The van der Waals surface area contributed by atoms with Crippen molar-refractivity contribution in [3.05, 3.63) is 59.7 Å². The van der Waals surface area contributed by atoms with E-state index in [9.17, 15) is 8.78 Å². The average Bonchev–Trinajstić information content (AvgIpc) is 2.57. The zero-order valence-electron chi connectivity index (χ0n) is 13.0. The minimum Gasteiger partial charge on any atom is -0.497 e. The Morgan fingerprint density at radius 3 is 2.65 bits per heavy atom. The van der Waals surface area contributed by atoms with Crippen LogP contribution < -0.4 is 15.4 Å². The van der Waals surface area contributed by atoms with Crippen LogP contribution in [0.5, 0.6) is 5.75 Å². The smallest absolute Gasteiger partial charge is 0.160 e. The van der Waals surface area contributed by atoms with Crippen LogP contribution >= 0.6 is 0 Å². The lowest BCUT2D eigenvalue weighted by atomic mass is 9.88. The zero-order valence-corrected chi connectivity index (χ0v) is 13.0. The first-order chi connectivity index (χ1) is 11.1. The van der Waals surface area contributed by atoms with Crippen molar-refractivity contribution < 1.29 is 13.5 Å². The van der Waals surface area contributed by atoms with Gasteiger partial charge >= 0.3 is 0 Å². The second-order valence-electron chi connectivity index (χ2n) is 5.97. The Kier molecular flexibility index (Phi) is 4.48. The molecule has 2 atom stereocenters. The van der Waals surface area contributed by atoms with Crippen molar-refractivity contribution in [1.82, 2.24) is 0 Å². The molecule has 1 heterocycles. The van der Waals surface area contributed by atoms with Gasteiger partial charge in [0.25, 0.3) is 0 Å². The van der Waals surface area contributed by atoms with Crippen molar-refractivity contribution in [2.75, 3.05) is 25.1 Å². The van der Waals surface area contributed by atoms with E-state index in [0.29, 0.717) is 18.8 Å². The van der Waals surface area contributed by atoms with Crippen LogP contribution in [0.4, 0.5) is 14.5 Å². The van der Waals surface area contributed by atoms with Gasteiger partial charge in [-0.15, -0.1) is 0 Å². The Labute approximate surface area is 134 Å². The number of anilines is 1. The van der Waals surface area contributed by atoms with Gasteiger partial charge in [-0.2, -0.15) is 0 Å². The third-order valence-corrected chi connectivity index (χ3v) is 4.32. The molecule has 3 nitrogen and oxygen atoms in total. The molecule has 23 heavy (non-hydrogen) atoms. The van der Waals surface area contributed by atoms with Crippen LogP contribution in [-0.2, 0) is 0 Å². The van der Waals surface area contributed by atoms with E-state index in [1.807, 2.05) is 23.1 Å². The van der Waals surface area contributed by atoms with E-state index >= 15 is 0 Å². The summed E-state index contributed by atoms with van der Waals surface area (Å²) in [5.41, 5.74) is 7.99. The first-order valence-corrected chi connectivity index (χ1v) is 7.66. The fourth-order valence-electron chi connectivity index (χ4n) is 3.17. The lowest BCUT2D eigenvalue weighted by Gasteiger charge is -2.38. The predicted molar refractivity (Wildman–Crippen MR) is 86.9 cm³/mol. The molecule has 122 valence electrons. The van der Waals surface area contributed by atoms with Gasteiger partial charge in [-0.3, -0.25) is 0 Å². The topological polar surface area (TPSA) is 38.5 Å². The van der Waals surface area contributed by atoms with Gasteiger partial charge < -0.3 is 15.4 Å². The van der Waals surface area contributed by atoms with Crippen molar-refractivity contribution in [3.63, 3.8) is 0 Å². The van der Waals surface area contributed by atoms with E-state index in [2.05, 4.69) is 6.07 Å². The maximum Gasteiger partial charge on any atom is 0.160 e. The lowest BCUT2D eigenvalue weighted by Crippen LogP contribution is -2.46. The Morgan fingerprint density at radius 2 is 1.91 bits per heavy atom. The normalized spacial score (nSPS) is 21.3. The highest BCUT2D eigenvalue weighted by atomic mass is 19.2. The molecule has 0 bridgehead atoms. The summed E-state index contributed by atoms with van der Waals surface area (Å²) in [5.74, 6) is -0.637. The monoisotopic (exact) mass is 318 g/mol. The molecule has 0 radical (unpaired) electrons. The summed E-state index contributed by atoms with van der Waals surface area (Å²) in [7, 11) is 1.64. The molecule has 5 heteroatoms. The van der Waals surface area contributed by atoms with Crippen LogP contribution in [0.25, 0.3) is 0 Å². The molecule has 2 N–H and O–H groups in total. The van der Waals surface area contributed by atoms with Gasteiger partial charge in [-0.1, -0.05) is 12.1 Å². The van der Waals surface area contributed by atoms with Crippen LogP contribution in [0.15, 0.2) is 42.5 Å². The number of nitrogens with two attached hydrogens (primary N) is 1. The van der Waals surface area contributed by atoms with Crippen molar-refractivity contribution in [2.24, 2.45) is 5.73 Å². The number of rotatable bonds is 3. The Hall–Kier alpha value is -2.14. The predicted octanol–water partition coefficient (Wildman–Crippen LogP) is 3.29. The number of piperidine rings is 1. The second-order valence-corrected chi connectivity index (χ2v) is 5.97. The number of hydrogen-bond donors (Lipinski definition) is 1. The summed E-state index contributed by atoms with van der Waals surface area (Å²) >= 11 is 0. The first-order valence-electron chi connectivity index (χ1n) is 7.66. The highest BCUT2D eigenvalue weighted by molar-refractivity contribution is 5.48. The fraction of sp³-hybridized carbons (Fsp3) is 0.333. The quantitative estimate of drug-likeness (QED) is 0.944. The van der Waals surface area contributed by atoms with Gasteiger partial charge in [0.15, 0.2) is 11.6 Å². The summed E-state index contributed by atoms with van der Waals surface area (Å²) in [6.07, 6.45) is 0.855. The van der Waals surface area contributed by atoms with E-state index in [1.165, 1.54) is 6.07 Å². The van der Waals surface area contributed by atoms with Crippen molar-refractivity contribution in [3.8, 4) is 5.75 Å². The molecule has 1 saturated heterocycles. The number of benzene rings is 2.